The average molecular weight is 261 g/mol. The minimum Gasteiger partial charge on any atom is -0.488 e. The van der Waals surface area contributed by atoms with Crippen molar-refractivity contribution in [1.29, 1.82) is 5.26 Å². The predicted octanol–water partition coefficient (Wildman–Crippen LogP) is 3.08. The molecule has 0 aliphatic carbocycles. The fraction of sp³-hybridized carbons (Fsp3) is 0.0625. The number of nitriles is 1. The maximum absolute atomic E-state index is 9.15. The van der Waals surface area contributed by atoms with Crippen LogP contribution in [0.15, 0.2) is 54.9 Å². The molecule has 3 aromatic rings. The fourth-order valence-corrected chi connectivity index (χ4v) is 2.01. The Morgan fingerprint density at radius 3 is 2.60 bits per heavy atom. The highest BCUT2D eigenvalue weighted by atomic mass is 16.5. The average Bonchev–Trinajstić information content (AvgIpc) is 2.53. The van der Waals surface area contributed by atoms with Crippen molar-refractivity contribution >= 4 is 10.9 Å². The first-order valence-corrected chi connectivity index (χ1v) is 6.19. The molecular formula is C16H11N3O. The lowest BCUT2D eigenvalue weighted by Crippen LogP contribution is -1.98. The van der Waals surface area contributed by atoms with Crippen LogP contribution in [0, 0.1) is 11.3 Å². The summed E-state index contributed by atoms with van der Waals surface area (Å²) in [6.07, 6.45) is 3.25. The van der Waals surface area contributed by atoms with Gasteiger partial charge in [0.15, 0.2) is 5.69 Å². The first kappa shape index (κ1) is 12.1. The molecule has 0 saturated carbocycles. The number of nitrogens with zero attached hydrogens (tertiary/aromatic N) is 3. The van der Waals surface area contributed by atoms with Gasteiger partial charge in [0.25, 0.3) is 0 Å². The summed E-state index contributed by atoms with van der Waals surface area (Å²) in [6, 6.07) is 15.5. The van der Waals surface area contributed by atoms with Gasteiger partial charge in [-0.3, -0.25) is 4.98 Å². The molecule has 0 radical (unpaired) electrons. The van der Waals surface area contributed by atoms with E-state index in [1.807, 2.05) is 30.3 Å². The van der Waals surface area contributed by atoms with Crippen LogP contribution in [0.2, 0.25) is 0 Å². The van der Waals surface area contributed by atoms with Crippen molar-refractivity contribution in [2.24, 2.45) is 0 Å². The molecule has 0 amide bonds. The summed E-state index contributed by atoms with van der Waals surface area (Å²) in [5.74, 6) is 0.628. The van der Waals surface area contributed by atoms with Crippen LogP contribution in [0.3, 0.4) is 0 Å². The molecule has 0 bridgehead atoms. The van der Waals surface area contributed by atoms with Gasteiger partial charge < -0.3 is 4.74 Å². The van der Waals surface area contributed by atoms with Crippen LogP contribution in [0.25, 0.3) is 10.9 Å². The molecular weight excluding hydrogens is 250 g/mol. The third-order valence-electron chi connectivity index (χ3n) is 2.96. The standard InChI is InChI=1S/C16H11N3O/c17-10-14-16-13(6-8-19-14)18-9-7-15(16)20-11-12-4-2-1-3-5-12/h1-9H,11H2. The molecule has 0 aliphatic rings. The van der Waals surface area contributed by atoms with Gasteiger partial charge in [0.1, 0.15) is 18.4 Å². The number of ether oxygens (including phenoxy) is 1. The van der Waals surface area contributed by atoms with E-state index in [0.717, 1.165) is 5.56 Å². The molecule has 0 spiro atoms. The molecule has 0 N–H and O–H groups in total. The number of rotatable bonds is 3. The van der Waals surface area contributed by atoms with Gasteiger partial charge in [0.2, 0.25) is 0 Å². The Kier molecular flexibility index (Phi) is 3.25. The fourth-order valence-electron chi connectivity index (χ4n) is 2.01. The van der Waals surface area contributed by atoms with Crippen LogP contribution in [-0.4, -0.2) is 9.97 Å². The van der Waals surface area contributed by atoms with Crippen LogP contribution in [0.4, 0.5) is 0 Å². The topological polar surface area (TPSA) is 58.8 Å². The normalized spacial score (nSPS) is 10.2. The maximum atomic E-state index is 9.15. The van der Waals surface area contributed by atoms with Gasteiger partial charge in [-0.05, 0) is 17.7 Å². The summed E-state index contributed by atoms with van der Waals surface area (Å²) in [4.78, 5) is 8.29. The van der Waals surface area contributed by atoms with Crippen LogP contribution >= 0.6 is 0 Å². The summed E-state index contributed by atoms with van der Waals surface area (Å²) >= 11 is 0. The van der Waals surface area contributed by atoms with Gasteiger partial charge in [0, 0.05) is 12.4 Å². The quantitative estimate of drug-likeness (QED) is 0.727. The monoisotopic (exact) mass is 261 g/mol. The minimum atomic E-state index is 0.332. The van der Waals surface area contributed by atoms with E-state index in [0.29, 0.717) is 29.0 Å². The number of pyridine rings is 2. The first-order valence-electron chi connectivity index (χ1n) is 6.19. The molecule has 0 saturated heterocycles. The van der Waals surface area contributed by atoms with E-state index < -0.39 is 0 Å². The zero-order chi connectivity index (χ0) is 13.8. The highest BCUT2D eigenvalue weighted by Crippen LogP contribution is 2.26. The lowest BCUT2D eigenvalue weighted by molar-refractivity contribution is 0.309. The molecule has 4 heteroatoms. The molecule has 96 valence electrons. The summed E-state index contributed by atoms with van der Waals surface area (Å²) in [6.45, 7) is 0.444. The molecule has 0 atom stereocenters. The third kappa shape index (κ3) is 2.29. The van der Waals surface area contributed by atoms with Gasteiger partial charge in [-0.15, -0.1) is 0 Å². The second kappa shape index (κ2) is 5.37. The SMILES string of the molecule is N#Cc1nccc2nccc(OCc3ccccc3)c12. The second-order valence-corrected chi connectivity index (χ2v) is 4.25. The molecule has 20 heavy (non-hydrogen) atoms. The van der Waals surface area contributed by atoms with E-state index in [1.165, 1.54) is 0 Å². The molecule has 0 aliphatic heterocycles. The van der Waals surface area contributed by atoms with E-state index in [-0.39, 0.29) is 0 Å². The van der Waals surface area contributed by atoms with Crippen molar-refractivity contribution in [2.75, 3.05) is 0 Å². The van der Waals surface area contributed by atoms with Crippen LogP contribution in [0.5, 0.6) is 5.75 Å². The number of fused-ring (bicyclic) bond motifs is 1. The summed E-state index contributed by atoms with van der Waals surface area (Å²) in [5, 5.41) is 9.81. The van der Waals surface area contributed by atoms with Gasteiger partial charge in [-0.2, -0.15) is 5.26 Å². The Bertz CT molecular complexity index is 773. The third-order valence-corrected chi connectivity index (χ3v) is 2.96. The van der Waals surface area contributed by atoms with E-state index in [9.17, 15) is 0 Å². The van der Waals surface area contributed by atoms with E-state index in [2.05, 4.69) is 16.0 Å². The number of aromatic nitrogens is 2. The van der Waals surface area contributed by atoms with Crippen LogP contribution < -0.4 is 4.74 Å². The first-order chi connectivity index (χ1) is 9.88. The van der Waals surface area contributed by atoms with Gasteiger partial charge in [-0.1, -0.05) is 30.3 Å². The highest BCUT2D eigenvalue weighted by Gasteiger charge is 2.09. The van der Waals surface area contributed by atoms with Crippen molar-refractivity contribution in [2.45, 2.75) is 6.61 Å². The largest absolute Gasteiger partial charge is 0.488 e. The number of hydrogen-bond donors (Lipinski definition) is 0. The van der Waals surface area contributed by atoms with Crippen molar-refractivity contribution in [3.05, 3.63) is 66.1 Å². The predicted molar refractivity (Wildman–Crippen MR) is 75.0 cm³/mol. The van der Waals surface area contributed by atoms with Crippen molar-refractivity contribution in [3.63, 3.8) is 0 Å². The van der Waals surface area contributed by atoms with Crippen molar-refractivity contribution in [3.8, 4) is 11.8 Å². The van der Waals surface area contributed by atoms with Crippen molar-refractivity contribution in [1.82, 2.24) is 9.97 Å². The highest BCUT2D eigenvalue weighted by molar-refractivity contribution is 5.88. The zero-order valence-corrected chi connectivity index (χ0v) is 10.7. The van der Waals surface area contributed by atoms with Crippen LogP contribution in [-0.2, 0) is 6.61 Å². The van der Waals surface area contributed by atoms with Gasteiger partial charge in [0.05, 0.1) is 10.9 Å². The van der Waals surface area contributed by atoms with E-state index in [4.69, 9.17) is 10.00 Å². The number of hydrogen-bond acceptors (Lipinski definition) is 4. The van der Waals surface area contributed by atoms with E-state index in [1.54, 1.807) is 24.5 Å². The Hall–Kier alpha value is -2.93. The molecule has 2 heterocycles. The molecule has 2 aromatic heterocycles. The van der Waals surface area contributed by atoms with Gasteiger partial charge in [-0.25, -0.2) is 4.98 Å². The molecule has 1 aromatic carbocycles. The summed E-state index contributed by atoms with van der Waals surface area (Å²) in [5.41, 5.74) is 2.11. The Balaban J connectivity index is 1.98. The molecule has 0 unspecified atom stereocenters. The summed E-state index contributed by atoms with van der Waals surface area (Å²) in [7, 11) is 0. The molecule has 4 nitrogen and oxygen atoms in total. The Morgan fingerprint density at radius 1 is 1.00 bits per heavy atom. The van der Waals surface area contributed by atoms with Crippen molar-refractivity contribution < 1.29 is 4.74 Å². The second-order valence-electron chi connectivity index (χ2n) is 4.25. The van der Waals surface area contributed by atoms with E-state index >= 15 is 0 Å². The minimum absolute atomic E-state index is 0.332. The smallest absolute Gasteiger partial charge is 0.153 e. The zero-order valence-electron chi connectivity index (χ0n) is 10.7. The maximum Gasteiger partial charge on any atom is 0.153 e. The molecule has 3 rings (SSSR count). The Labute approximate surface area is 116 Å². The summed E-state index contributed by atoms with van der Waals surface area (Å²) < 4.78 is 5.82. The molecule has 0 fully saturated rings. The van der Waals surface area contributed by atoms with Crippen LogP contribution in [0.1, 0.15) is 11.3 Å². The number of benzene rings is 1. The lowest BCUT2D eigenvalue weighted by atomic mass is 10.2. The van der Waals surface area contributed by atoms with Gasteiger partial charge >= 0.3 is 0 Å². The lowest BCUT2D eigenvalue weighted by Gasteiger charge is -2.09. The Morgan fingerprint density at radius 2 is 1.80 bits per heavy atom.